The minimum absolute atomic E-state index is 0.259. The summed E-state index contributed by atoms with van der Waals surface area (Å²) in [4.78, 5) is 25.7. The van der Waals surface area contributed by atoms with Crippen molar-refractivity contribution in [1.29, 1.82) is 0 Å². The predicted octanol–water partition coefficient (Wildman–Crippen LogP) is 2.90. The summed E-state index contributed by atoms with van der Waals surface area (Å²) < 4.78 is 33.5. The van der Waals surface area contributed by atoms with Crippen LogP contribution in [-0.4, -0.2) is 38.9 Å². The van der Waals surface area contributed by atoms with Gasteiger partial charge in [0.2, 0.25) is 11.8 Å². The van der Waals surface area contributed by atoms with Gasteiger partial charge in [0.25, 0.3) is 10.1 Å². The van der Waals surface area contributed by atoms with E-state index in [4.69, 9.17) is 0 Å². The van der Waals surface area contributed by atoms with Gasteiger partial charge in [-0.25, -0.2) is 0 Å². The van der Waals surface area contributed by atoms with Crippen LogP contribution in [0.25, 0.3) is 11.1 Å². The Kier molecular flexibility index (Phi) is 6.17. The van der Waals surface area contributed by atoms with Crippen LogP contribution in [0.5, 0.6) is 0 Å². The fourth-order valence-corrected chi connectivity index (χ4v) is 3.30. The highest BCUT2D eigenvalue weighted by Gasteiger charge is 2.20. The van der Waals surface area contributed by atoms with E-state index in [1.165, 1.54) is 35.1 Å². The Morgan fingerprint density at radius 1 is 0.893 bits per heavy atom. The molecular formula is C20H20N2O5S. The van der Waals surface area contributed by atoms with Gasteiger partial charge in [-0.05, 0) is 42.0 Å². The van der Waals surface area contributed by atoms with Gasteiger partial charge in [-0.2, -0.15) is 8.42 Å². The summed E-state index contributed by atoms with van der Waals surface area (Å²) >= 11 is 0. The Hall–Kier alpha value is -3.23. The third-order valence-electron chi connectivity index (χ3n) is 4.21. The highest BCUT2D eigenvalue weighted by molar-refractivity contribution is 7.86. The van der Waals surface area contributed by atoms with Crippen molar-refractivity contribution in [3.63, 3.8) is 0 Å². The highest BCUT2D eigenvalue weighted by Crippen LogP contribution is 2.32. The molecule has 2 rings (SSSR count). The second kappa shape index (κ2) is 8.20. The molecule has 2 amide bonds. The van der Waals surface area contributed by atoms with Crippen LogP contribution < -0.4 is 9.80 Å². The van der Waals surface area contributed by atoms with E-state index in [0.717, 1.165) is 6.08 Å². The zero-order chi connectivity index (χ0) is 21.1. The van der Waals surface area contributed by atoms with Crippen molar-refractivity contribution in [2.75, 3.05) is 23.9 Å². The number of hydrogen-bond donors (Lipinski definition) is 1. The van der Waals surface area contributed by atoms with Crippen LogP contribution in [0.1, 0.15) is 0 Å². The first-order valence-corrected chi connectivity index (χ1v) is 9.56. The molecule has 0 aliphatic heterocycles. The molecule has 0 aromatic heterocycles. The molecule has 0 aliphatic carbocycles. The number of amides is 2. The van der Waals surface area contributed by atoms with E-state index >= 15 is 0 Å². The molecule has 2 aromatic carbocycles. The molecule has 0 spiro atoms. The number of carbonyl (C=O) groups is 2. The van der Waals surface area contributed by atoms with E-state index in [9.17, 15) is 22.6 Å². The second-order valence-corrected chi connectivity index (χ2v) is 7.30. The standard InChI is InChI=1S/C20H20N2O5S/c1-5-19(23)21(3)15-9-7-14(8-10-15)17-12-11-16(22(4)20(24)6-2)13-18(17)28(25,26)27/h5-13H,1-2H2,3-4H3,(H,25,26,27). The molecular weight excluding hydrogens is 380 g/mol. The lowest BCUT2D eigenvalue weighted by Crippen LogP contribution is -2.24. The Bertz CT molecular complexity index is 1040. The van der Waals surface area contributed by atoms with Gasteiger partial charge in [-0.3, -0.25) is 14.1 Å². The van der Waals surface area contributed by atoms with E-state index in [1.54, 1.807) is 37.4 Å². The summed E-state index contributed by atoms with van der Waals surface area (Å²) in [5.41, 5.74) is 1.65. The van der Waals surface area contributed by atoms with Gasteiger partial charge in [-0.1, -0.05) is 31.4 Å². The fourth-order valence-electron chi connectivity index (χ4n) is 2.56. The van der Waals surface area contributed by atoms with Crippen LogP contribution in [0.2, 0.25) is 0 Å². The van der Waals surface area contributed by atoms with E-state index < -0.39 is 16.0 Å². The molecule has 8 heteroatoms. The Morgan fingerprint density at radius 3 is 1.82 bits per heavy atom. The zero-order valence-electron chi connectivity index (χ0n) is 15.5. The van der Waals surface area contributed by atoms with Crippen molar-refractivity contribution >= 4 is 33.3 Å². The molecule has 0 radical (unpaired) electrons. The van der Waals surface area contributed by atoms with Crippen LogP contribution in [0.15, 0.2) is 72.7 Å². The number of benzene rings is 2. The quantitative estimate of drug-likeness (QED) is 0.594. The molecule has 28 heavy (non-hydrogen) atoms. The maximum absolute atomic E-state index is 11.9. The Labute approximate surface area is 164 Å². The van der Waals surface area contributed by atoms with Crippen LogP contribution in [-0.2, 0) is 19.7 Å². The monoisotopic (exact) mass is 400 g/mol. The van der Waals surface area contributed by atoms with Crippen molar-refractivity contribution < 1.29 is 22.6 Å². The number of hydrogen-bond acceptors (Lipinski definition) is 4. The molecule has 146 valence electrons. The van der Waals surface area contributed by atoms with Crippen molar-refractivity contribution in [2.45, 2.75) is 4.90 Å². The SMILES string of the molecule is C=CC(=O)N(C)c1ccc(-c2ccc(N(C)C(=O)C=C)cc2S(=O)(=O)O)cc1. The summed E-state index contributed by atoms with van der Waals surface area (Å²) in [5, 5.41) is 0. The first kappa shape index (κ1) is 21.1. The summed E-state index contributed by atoms with van der Waals surface area (Å²) in [6.45, 7) is 6.82. The molecule has 0 aliphatic rings. The average molecular weight is 400 g/mol. The number of rotatable bonds is 6. The molecule has 0 unspecified atom stereocenters. The predicted molar refractivity (Wildman–Crippen MR) is 109 cm³/mol. The topological polar surface area (TPSA) is 95.0 Å². The maximum Gasteiger partial charge on any atom is 0.295 e. The molecule has 0 atom stereocenters. The largest absolute Gasteiger partial charge is 0.312 e. The zero-order valence-corrected chi connectivity index (χ0v) is 16.3. The Morgan fingerprint density at radius 2 is 1.36 bits per heavy atom. The van der Waals surface area contributed by atoms with Crippen molar-refractivity contribution in [2.24, 2.45) is 0 Å². The number of anilines is 2. The third-order valence-corrected chi connectivity index (χ3v) is 5.10. The van der Waals surface area contributed by atoms with E-state index in [-0.39, 0.29) is 22.1 Å². The molecule has 1 N–H and O–H groups in total. The lowest BCUT2D eigenvalue weighted by molar-refractivity contribution is -0.114. The summed E-state index contributed by atoms with van der Waals surface area (Å²) in [7, 11) is -1.50. The van der Waals surface area contributed by atoms with E-state index in [0.29, 0.717) is 11.3 Å². The van der Waals surface area contributed by atoms with Crippen molar-refractivity contribution in [3.05, 3.63) is 67.8 Å². The number of carbonyl (C=O) groups excluding carboxylic acids is 2. The molecule has 0 heterocycles. The van der Waals surface area contributed by atoms with Crippen LogP contribution >= 0.6 is 0 Å². The van der Waals surface area contributed by atoms with Crippen molar-refractivity contribution in [3.8, 4) is 11.1 Å². The Balaban J connectivity index is 2.53. The summed E-state index contributed by atoms with van der Waals surface area (Å²) in [5.74, 6) is -0.709. The lowest BCUT2D eigenvalue weighted by atomic mass is 10.0. The smallest absolute Gasteiger partial charge is 0.295 e. The van der Waals surface area contributed by atoms with Crippen LogP contribution in [0.3, 0.4) is 0 Å². The minimum Gasteiger partial charge on any atom is -0.312 e. The van der Waals surface area contributed by atoms with Gasteiger partial charge in [0.1, 0.15) is 4.90 Å². The molecule has 7 nitrogen and oxygen atoms in total. The van der Waals surface area contributed by atoms with Gasteiger partial charge in [0, 0.05) is 31.0 Å². The number of likely N-dealkylation sites (N-methyl/N-ethyl adjacent to an activating group) is 2. The first-order chi connectivity index (χ1) is 13.1. The van der Waals surface area contributed by atoms with Gasteiger partial charge < -0.3 is 9.80 Å². The van der Waals surface area contributed by atoms with Gasteiger partial charge >= 0.3 is 0 Å². The van der Waals surface area contributed by atoms with E-state index in [1.807, 2.05) is 0 Å². The normalized spacial score (nSPS) is 10.8. The van der Waals surface area contributed by atoms with Crippen LogP contribution in [0.4, 0.5) is 11.4 Å². The first-order valence-electron chi connectivity index (χ1n) is 8.12. The van der Waals surface area contributed by atoms with Crippen LogP contribution in [0, 0.1) is 0 Å². The third kappa shape index (κ3) is 4.36. The molecule has 0 saturated heterocycles. The molecule has 0 fully saturated rings. The van der Waals surface area contributed by atoms with Gasteiger partial charge in [-0.15, -0.1) is 0 Å². The lowest BCUT2D eigenvalue weighted by Gasteiger charge is -2.18. The summed E-state index contributed by atoms with van der Waals surface area (Å²) in [6, 6.07) is 10.8. The highest BCUT2D eigenvalue weighted by atomic mass is 32.2. The maximum atomic E-state index is 11.9. The van der Waals surface area contributed by atoms with E-state index in [2.05, 4.69) is 13.2 Å². The summed E-state index contributed by atoms with van der Waals surface area (Å²) in [6.07, 6.45) is 2.28. The molecule has 0 saturated carbocycles. The van der Waals surface area contributed by atoms with Gasteiger partial charge in [0.15, 0.2) is 0 Å². The van der Waals surface area contributed by atoms with Gasteiger partial charge in [0.05, 0.1) is 0 Å². The van der Waals surface area contributed by atoms with Crippen molar-refractivity contribution in [1.82, 2.24) is 0 Å². The second-order valence-electron chi connectivity index (χ2n) is 5.91. The number of nitrogens with zero attached hydrogens (tertiary/aromatic N) is 2. The molecule has 0 bridgehead atoms. The average Bonchev–Trinajstić information content (AvgIpc) is 2.70. The fraction of sp³-hybridized carbons (Fsp3) is 0.100. The molecule has 2 aromatic rings. The minimum atomic E-state index is -4.56.